The van der Waals surface area contributed by atoms with Crippen molar-refractivity contribution in [3.63, 3.8) is 0 Å². The summed E-state index contributed by atoms with van der Waals surface area (Å²) in [7, 11) is 0. The van der Waals surface area contributed by atoms with Gasteiger partial charge in [0.25, 0.3) is 0 Å². The third-order valence-corrected chi connectivity index (χ3v) is 5.13. The Morgan fingerprint density at radius 2 is 2.39 bits per heavy atom. The van der Waals surface area contributed by atoms with Gasteiger partial charge in [-0.1, -0.05) is 25.1 Å². The van der Waals surface area contributed by atoms with E-state index in [2.05, 4.69) is 47.1 Å². The molecule has 0 aromatic heterocycles. The van der Waals surface area contributed by atoms with Gasteiger partial charge in [-0.25, -0.2) is 0 Å². The lowest BCUT2D eigenvalue weighted by Crippen LogP contribution is -2.28. The highest BCUT2D eigenvalue weighted by Gasteiger charge is 2.18. The maximum absolute atomic E-state index is 3.55. The molecule has 2 heterocycles. The van der Waals surface area contributed by atoms with Crippen molar-refractivity contribution in [2.24, 2.45) is 5.92 Å². The van der Waals surface area contributed by atoms with E-state index in [1.807, 2.05) is 0 Å². The van der Waals surface area contributed by atoms with E-state index in [9.17, 15) is 0 Å². The molecule has 18 heavy (non-hydrogen) atoms. The van der Waals surface area contributed by atoms with Crippen LogP contribution >= 0.6 is 11.8 Å². The van der Waals surface area contributed by atoms with Crippen LogP contribution in [-0.4, -0.2) is 36.0 Å². The Bertz CT molecular complexity index is 419. The van der Waals surface area contributed by atoms with Gasteiger partial charge >= 0.3 is 0 Å². The predicted molar refractivity (Wildman–Crippen MR) is 80.4 cm³/mol. The molecule has 0 saturated carbocycles. The van der Waals surface area contributed by atoms with Crippen molar-refractivity contribution >= 4 is 17.4 Å². The molecule has 1 unspecified atom stereocenters. The summed E-state index contributed by atoms with van der Waals surface area (Å²) in [5, 5.41) is 3.55. The fourth-order valence-electron chi connectivity index (χ4n) is 2.99. The highest BCUT2D eigenvalue weighted by atomic mass is 32.2. The largest absolute Gasteiger partial charge is 0.384 e. The van der Waals surface area contributed by atoms with Gasteiger partial charge in [0.15, 0.2) is 0 Å². The molecule has 1 N–H and O–H groups in total. The number of para-hydroxylation sites is 1. The SMILES string of the molecule is CC1CSCCN(Cc2cccc3c2NCC3)C1. The molecule has 98 valence electrons. The monoisotopic (exact) mass is 262 g/mol. The zero-order valence-corrected chi connectivity index (χ0v) is 11.9. The summed E-state index contributed by atoms with van der Waals surface area (Å²) in [6, 6.07) is 6.77. The molecule has 0 spiro atoms. The molecule has 1 saturated heterocycles. The molecule has 2 nitrogen and oxygen atoms in total. The van der Waals surface area contributed by atoms with Gasteiger partial charge in [-0.2, -0.15) is 11.8 Å². The van der Waals surface area contributed by atoms with Crippen molar-refractivity contribution in [1.29, 1.82) is 0 Å². The smallest absolute Gasteiger partial charge is 0.0419 e. The molecule has 1 atom stereocenters. The number of hydrogen-bond acceptors (Lipinski definition) is 3. The molecular weight excluding hydrogens is 240 g/mol. The van der Waals surface area contributed by atoms with Crippen LogP contribution in [0.5, 0.6) is 0 Å². The first-order valence-corrected chi connectivity index (χ1v) is 8.13. The first kappa shape index (κ1) is 12.4. The topological polar surface area (TPSA) is 15.3 Å². The molecule has 1 aromatic carbocycles. The van der Waals surface area contributed by atoms with E-state index in [1.165, 1.54) is 47.8 Å². The molecular formula is C15H22N2S. The zero-order chi connectivity index (χ0) is 12.4. The van der Waals surface area contributed by atoms with Crippen LogP contribution in [0.2, 0.25) is 0 Å². The average molecular weight is 262 g/mol. The normalized spacial score (nSPS) is 24.4. The van der Waals surface area contributed by atoms with E-state index >= 15 is 0 Å². The molecule has 1 fully saturated rings. The fraction of sp³-hybridized carbons (Fsp3) is 0.600. The van der Waals surface area contributed by atoms with E-state index < -0.39 is 0 Å². The van der Waals surface area contributed by atoms with E-state index in [-0.39, 0.29) is 0 Å². The summed E-state index contributed by atoms with van der Waals surface area (Å²) < 4.78 is 0. The van der Waals surface area contributed by atoms with E-state index in [1.54, 1.807) is 0 Å². The van der Waals surface area contributed by atoms with Gasteiger partial charge < -0.3 is 5.32 Å². The summed E-state index contributed by atoms with van der Waals surface area (Å²) in [4.78, 5) is 2.63. The second kappa shape index (κ2) is 5.54. The van der Waals surface area contributed by atoms with Crippen LogP contribution in [0, 0.1) is 5.92 Å². The quantitative estimate of drug-likeness (QED) is 0.882. The second-order valence-corrected chi connectivity index (χ2v) is 6.69. The van der Waals surface area contributed by atoms with Gasteiger partial charge in [0.1, 0.15) is 0 Å². The summed E-state index contributed by atoms with van der Waals surface area (Å²) in [5.41, 5.74) is 4.41. The van der Waals surface area contributed by atoms with Gasteiger partial charge in [-0.15, -0.1) is 0 Å². The van der Waals surface area contributed by atoms with Gasteiger partial charge in [0.05, 0.1) is 0 Å². The first-order chi connectivity index (χ1) is 8.83. The summed E-state index contributed by atoms with van der Waals surface area (Å²) in [5.74, 6) is 3.43. The minimum Gasteiger partial charge on any atom is -0.384 e. The summed E-state index contributed by atoms with van der Waals surface area (Å²) in [6.07, 6.45) is 1.19. The number of nitrogens with zero attached hydrogens (tertiary/aromatic N) is 1. The maximum Gasteiger partial charge on any atom is 0.0419 e. The minimum absolute atomic E-state index is 0.821. The molecule has 2 aliphatic rings. The van der Waals surface area contributed by atoms with Crippen molar-refractivity contribution in [2.45, 2.75) is 19.9 Å². The van der Waals surface area contributed by atoms with Gasteiger partial charge in [0.2, 0.25) is 0 Å². The second-order valence-electron chi connectivity index (χ2n) is 5.54. The van der Waals surface area contributed by atoms with Crippen LogP contribution in [0.1, 0.15) is 18.1 Å². The Hall–Kier alpha value is -0.670. The van der Waals surface area contributed by atoms with Crippen molar-refractivity contribution in [3.05, 3.63) is 29.3 Å². The van der Waals surface area contributed by atoms with Crippen LogP contribution in [0.4, 0.5) is 5.69 Å². The highest BCUT2D eigenvalue weighted by molar-refractivity contribution is 7.99. The molecule has 0 aliphatic carbocycles. The highest BCUT2D eigenvalue weighted by Crippen LogP contribution is 2.28. The molecule has 1 aromatic rings. The molecule has 3 rings (SSSR count). The van der Waals surface area contributed by atoms with Gasteiger partial charge in [0, 0.05) is 37.6 Å². The average Bonchev–Trinajstić information content (AvgIpc) is 2.75. The van der Waals surface area contributed by atoms with Crippen LogP contribution in [0.15, 0.2) is 18.2 Å². The zero-order valence-electron chi connectivity index (χ0n) is 11.1. The summed E-state index contributed by atoms with van der Waals surface area (Å²) in [6.45, 7) is 7.08. The third-order valence-electron chi connectivity index (χ3n) is 3.85. The van der Waals surface area contributed by atoms with Gasteiger partial charge in [-0.05, 0) is 29.2 Å². The standard InChI is InChI=1S/C15H22N2S/c1-12-9-17(7-8-18-11-12)10-14-4-2-3-13-5-6-16-15(13)14/h2-4,12,16H,5-11H2,1H3. The lowest BCUT2D eigenvalue weighted by Gasteiger charge is -2.23. The number of benzene rings is 1. The van der Waals surface area contributed by atoms with E-state index in [4.69, 9.17) is 0 Å². The van der Waals surface area contributed by atoms with Crippen molar-refractivity contribution in [1.82, 2.24) is 4.90 Å². The molecule has 0 amide bonds. The number of anilines is 1. The van der Waals surface area contributed by atoms with E-state index in [0.29, 0.717) is 0 Å². The number of rotatable bonds is 2. The Labute approximate surface area is 114 Å². The maximum atomic E-state index is 3.55. The third kappa shape index (κ3) is 2.67. The first-order valence-electron chi connectivity index (χ1n) is 6.97. The number of nitrogens with one attached hydrogen (secondary N) is 1. The van der Waals surface area contributed by atoms with Crippen molar-refractivity contribution in [2.75, 3.05) is 36.5 Å². The fourth-order valence-corrected chi connectivity index (χ4v) is 4.05. The number of thioether (sulfide) groups is 1. The predicted octanol–water partition coefficient (Wildman–Crippen LogP) is 2.84. The lowest BCUT2D eigenvalue weighted by atomic mass is 10.1. The van der Waals surface area contributed by atoms with E-state index in [0.717, 1.165) is 19.0 Å². The Balaban J connectivity index is 1.74. The molecule has 3 heteroatoms. The van der Waals surface area contributed by atoms with Crippen LogP contribution in [0.25, 0.3) is 0 Å². The lowest BCUT2D eigenvalue weighted by molar-refractivity contribution is 0.257. The van der Waals surface area contributed by atoms with Crippen LogP contribution in [-0.2, 0) is 13.0 Å². The molecule has 2 aliphatic heterocycles. The Kier molecular flexibility index (Phi) is 3.80. The summed E-state index contributed by atoms with van der Waals surface area (Å²) >= 11 is 2.11. The number of hydrogen-bond donors (Lipinski definition) is 1. The van der Waals surface area contributed by atoms with Crippen LogP contribution < -0.4 is 5.32 Å². The Morgan fingerprint density at radius 3 is 3.33 bits per heavy atom. The van der Waals surface area contributed by atoms with Crippen molar-refractivity contribution < 1.29 is 0 Å². The van der Waals surface area contributed by atoms with Crippen LogP contribution in [0.3, 0.4) is 0 Å². The minimum atomic E-state index is 0.821. The number of fused-ring (bicyclic) bond motifs is 1. The molecule has 0 bridgehead atoms. The Morgan fingerprint density at radius 1 is 1.44 bits per heavy atom. The van der Waals surface area contributed by atoms with Gasteiger partial charge in [-0.3, -0.25) is 4.90 Å². The van der Waals surface area contributed by atoms with Crippen molar-refractivity contribution in [3.8, 4) is 0 Å². The molecule has 0 radical (unpaired) electrons.